The fourth-order valence-electron chi connectivity index (χ4n) is 3.15. The standard InChI is InChI=1S/C22H19FN4O2/c1-24-22(28)26-18-9-16(10-19(12-18)29-2)20-13-25-21-11-15(7-8-27(20)21)14-3-5-17(23)6-4-14/h3-13H,1-2H3,(H2,24,26,28). The Morgan fingerprint density at radius 1 is 1.03 bits per heavy atom. The van der Waals surface area contributed by atoms with Gasteiger partial charge in [0.05, 0.1) is 19.0 Å². The SMILES string of the molecule is CNC(=O)Nc1cc(OC)cc(-c2cnc3cc(-c4ccc(F)cc4)ccn23)c1. The zero-order valence-corrected chi connectivity index (χ0v) is 15.9. The molecule has 0 radical (unpaired) electrons. The molecule has 4 aromatic rings. The van der Waals surface area contributed by atoms with Gasteiger partial charge in [0, 0.05) is 30.6 Å². The first-order valence-corrected chi connectivity index (χ1v) is 8.98. The van der Waals surface area contributed by atoms with Gasteiger partial charge in [-0.3, -0.25) is 4.40 Å². The fraction of sp³-hybridized carbons (Fsp3) is 0.0909. The summed E-state index contributed by atoms with van der Waals surface area (Å²) in [4.78, 5) is 16.2. The van der Waals surface area contributed by atoms with Gasteiger partial charge in [-0.1, -0.05) is 12.1 Å². The van der Waals surface area contributed by atoms with Gasteiger partial charge < -0.3 is 15.4 Å². The Balaban J connectivity index is 1.75. The molecule has 0 saturated carbocycles. The predicted molar refractivity (Wildman–Crippen MR) is 111 cm³/mol. The van der Waals surface area contributed by atoms with Gasteiger partial charge in [-0.25, -0.2) is 14.2 Å². The monoisotopic (exact) mass is 390 g/mol. The summed E-state index contributed by atoms with van der Waals surface area (Å²) in [5.41, 5.74) is 4.92. The van der Waals surface area contributed by atoms with Crippen molar-refractivity contribution in [3.63, 3.8) is 0 Å². The first kappa shape index (κ1) is 18.5. The number of pyridine rings is 1. The van der Waals surface area contributed by atoms with Gasteiger partial charge in [-0.2, -0.15) is 0 Å². The van der Waals surface area contributed by atoms with Crippen molar-refractivity contribution in [2.45, 2.75) is 0 Å². The number of methoxy groups -OCH3 is 1. The van der Waals surface area contributed by atoms with Crippen LogP contribution in [-0.4, -0.2) is 29.6 Å². The minimum absolute atomic E-state index is 0.267. The van der Waals surface area contributed by atoms with E-state index in [1.165, 1.54) is 12.1 Å². The second-order valence-electron chi connectivity index (χ2n) is 6.45. The van der Waals surface area contributed by atoms with Crippen molar-refractivity contribution in [1.29, 1.82) is 0 Å². The number of amides is 2. The Hall–Kier alpha value is -3.87. The summed E-state index contributed by atoms with van der Waals surface area (Å²) in [5.74, 6) is 0.351. The highest BCUT2D eigenvalue weighted by atomic mass is 19.1. The van der Waals surface area contributed by atoms with E-state index in [1.807, 2.05) is 34.9 Å². The number of hydrogen-bond acceptors (Lipinski definition) is 3. The molecular weight excluding hydrogens is 371 g/mol. The lowest BCUT2D eigenvalue weighted by Gasteiger charge is -2.11. The molecule has 2 heterocycles. The van der Waals surface area contributed by atoms with Crippen LogP contribution in [0.1, 0.15) is 0 Å². The molecule has 0 spiro atoms. The number of benzene rings is 2. The third-order valence-corrected chi connectivity index (χ3v) is 4.61. The normalized spacial score (nSPS) is 10.7. The molecule has 2 aromatic carbocycles. The maximum Gasteiger partial charge on any atom is 0.318 e. The summed E-state index contributed by atoms with van der Waals surface area (Å²) < 4.78 is 20.5. The number of anilines is 1. The van der Waals surface area contributed by atoms with Crippen LogP contribution in [0.4, 0.5) is 14.9 Å². The molecule has 146 valence electrons. The van der Waals surface area contributed by atoms with Crippen LogP contribution in [0.25, 0.3) is 28.0 Å². The lowest BCUT2D eigenvalue weighted by atomic mass is 10.1. The molecule has 0 atom stereocenters. The topological polar surface area (TPSA) is 67.7 Å². The molecule has 2 amide bonds. The van der Waals surface area contributed by atoms with E-state index in [2.05, 4.69) is 15.6 Å². The van der Waals surface area contributed by atoms with Crippen LogP contribution in [-0.2, 0) is 0 Å². The minimum atomic E-state index is -0.314. The Labute approximate surface area is 167 Å². The predicted octanol–water partition coefficient (Wildman–Crippen LogP) is 4.57. The fourth-order valence-corrected chi connectivity index (χ4v) is 3.15. The first-order valence-electron chi connectivity index (χ1n) is 8.98. The van der Waals surface area contributed by atoms with Crippen molar-refractivity contribution in [2.75, 3.05) is 19.5 Å². The zero-order chi connectivity index (χ0) is 20.4. The number of rotatable bonds is 4. The third kappa shape index (κ3) is 3.75. The van der Waals surface area contributed by atoms with Crippen LogP contribution in [0.2, 0.25) is 0 Å². The Kier molecular flexibility index (Phi) is 4.87. The van der Waals surface area contributed by atoms with Gasteiger partial charge in [0.25, 0.3) is 0 Å². The largest absolute Gasteiger partial charge is 0.497 e. The van der Waals surface area contributed by atoms with Crippen LogP contribution < -0.4 is 15.4 Å². The van der Waals surface area contributed by atoms with Crippen molar-refractivity contribution < 1.29 is 13.9 Å². The summed E-state index contributed by atoms with van der Waals surface area (Å²) in [6.45, 7) is 0. The summed E-state index contributed by atoms with van der Waals surface area (Å²) in [6, 6.07) is 15.4. The van der Waals surface area contributed by atoms with E-state index < -0.39 is 0 Å². The van der Waals surface area contributed by atoms with Crippen LogP contribution in [0, 0.1) is 5.82 Å². The Morgan fingerprint density at radius 3 is 2.55 bits per heavy atom. The number of carbonyl (C=O) groups excluding carboxylic acids is 1. The molecule has 0 saturated heterocycles. The average Bonchev–Trinajstić information content (AvgIpc) is 3.17. The molecule has 6 nitrogen and oxygen atoms in total. The number of halogens is 1. The van der Waals surface area contributed by atoms with Gasteiger partial charge in [-0.15, -0.1) is 0 Å². The van der Waals surface area contributed by atoms with Crippen LogP contribution in [0.5, 0.6) is 5.75 Å². The van der Waals surface area contributed by atoms with E-state index in [9.17, 15) is 9.18 Å². The van der Waals surface area contributed by atoms with Crippen molar-refractivity contribution in [1.82, 2.24) is 14.7 Å². The number of imidazole rings is 1. The van der Waals surface area contributed by atoms with Gasteiger partial charge in [0.15, 0.2) is 0 Å². The molecule has 2 N–H and O–H groups in total. The van der Waals surface area contributed by atoms with Gasteiger partial charge in [0.2, 0.25) is 0 Å². The highest BCUT2D eigenvalue weighted by Crippen LogP contribution is 2.30. The zero-order valence-electron chi connectivity index (χ0n) is 15.9. The van der Waals surface area contributed by atoms with Crippen LogP contribution in [0.3, 0.4) is 0 Å². The number of nitrogens with zero attached hydrogens (tertiary/aromatic N) is 2. The van der Waals surface area contributed by atoms with Crippen LogP contribution in [0.15, 0.2) is 67.0 Å². The van der Waals surface area contributed by atoms with Crippen molar-refractivity contribution in [3.05, 3.63) is 72.8 Å². The van der Waals surface area contributed by atoms with Crippen molar-refractivity contribution >= 4 is 17.4 Å². The molecule has 2 aromatic heterocycles. The minimum Gasteiger partial charge on any atom is -0.497 e. The van der Waals surface area contributed by atoms with E-state index in [1.54, 1.807) is 38.6 Å². The van der Waals surface area contributed by atoms with Crippen molar-refractivity contribution in [2.24, 2.45) is 0 Å². The van der Waals surface area contributed by atoms with Gasteiger partial charge >= 0.3 is 6.03 Å². The smallest absolute Gasteiger partial charge is 0.318 e. The molecule has 7 heteroatoms. The van der Waals surface area contributed by atoms with E-state index in [-0.39, 0.29) is 11.8 Å². The second-order valence-corrected chi connectivity index (χ2v) is 6.45. The highest BCUT2D eigenvalue weighted by Gasteiger charge is 2.11. The summed E-state index contributed by atoms with van der Waals surface area (Å²) in [6.07, 6.45) is 3.68. The average molecular weight is 390 g/mol. The lowest BCUT2D eigenvalue weighted by molar-refractivity contribution is 0.254. The number of hydrogen-bond donors (Lipinski definition) is 2. The van der Waals surface area contributed by atoms with E-state index in [0.717, 1.165) is 28.0 Å². The molecule has 0 unspecified atom stereocenters. The maximum absolute atomic E-state index is 13.2. The first-order chi connectivity index (χ1) is 14.1. The number of nitrogens with one attached hydrogen (secondary N) is 2. The molecule has 29 heavy (non-hydrogen) atoms. The quantitative estimate of drug-likeness (QED) is 0.536. The number of ether oxygens (including phenoxy) is 1. The third-order valence-electron chi connectivity index (χ3n) is 4.61. The van der Waals surface area contributed by atoms with Crippen LogP contribution >= 0.6 is 0 Å². The van der Waals surface area contributed by atoms with Gasteiger partial charge in [0.1, 0.15) is 17.2 Å². The van der Waals surface area contributed by atoms with E-state index in [0.29, 0.717) is 11.4 Å². The number of fused-ring (bicyclic) bond motifs is 1. The van der Waals surface area contributed by atoms with Gasteiger partial charge in [-0.05, 0) is 47.5 Å². The molecule has 0 aliphatic rings. The summed E-state index contributed by atoms with van der Waals surface area (Å²) in [7, 11) is 3.13. The maximum atomic E-state index is 13.2. The molecule has 4 rings (SSSR count). The molecule has 0 bridgehead atoms. The second kappa shape index (κ2) is 7.63. The lowest BCUT2D eigenvalue weighted by Crippen LogP contribution is -2.24. The molecule has 0 aliphatic carbocycles. The number of urea groups is 1. The summed E-state index contributed by atoms with van der Waals surface area (Å²) >= 11 is 0. The number of carbonyl (C=O) groups is 1. The van der Waals surface area contributed by atoms with Crippen molar-refractivity contribution in [3.8, 4) is 28.1 Å². The molecule has 0 aliphatic heterocycles. The molecular formula is C22H19FN4O2. The Morgan fingerprint density at radius 2 is 1.83 bits per heavy atom. The van der Waals surface area contributed by atoms with E-state index in [4.69, 9.17) is 4.74 Å². The number of aromatic nitrogens is 2. The Bertz CT molecular complexity index is 1190. The van der Waals surface area contributed by atoms with E-state index >= 15 is 0 Å². The summed E-state index contributed by atoms with van der Waals surface area (Å²) in [5, 5.41) is 5.29. The highest BCUT2D eigenvalue weighted by molar-refractivity contribution is 5.90. The molecule has 0 fully saturated rings.